The third-order valence-corrected chi connectivity index (χ3v) is 4.21. The van der Waals surface area contributed by atoms with E-state index in [2.05, 4.69) is 20.1 Å². The molecule has 0 radical (unpaired) electrons. The van der Waals surface area contributed by atoms with E-state index >= 15 is 0 Å². The van der Waals surface area contributed by atoms with Crippen molar-refractivity contribution in [1.82, 2.24) is 5.32 Å². The van der Waals surface area contributed by atoms with E-state index in [-0.39, 0.29) is 23.7 Å². The number of amides is 1. The van der Waals surface area contributed by atoms with Crippen molar-refractivity contribution in [3.63, 3.8) is 0 Å². The highest BCUT2D eigenvalue weighted by Crippen LogP contribution is 2.27. The summed E-state index contributed by atoms with van der Waals surface area (Å²) >= 11 is 0. The molecule has 1 amide bonds. The molecule has 0 bridgehead atoms. The second kappa shape index (κ2) is 11.2. The van der Waals surface area contributed by atoms with Crippen LogP contribution in [0.3, 0.4) is 0 Å². The molecule has 0 unspecified atom stereocenters. The predicted octanol–water partition coefficient (Wildman–Crippen LogP) is 2.28. The van der Waals surface area contributed by atoms with Gasteiger partial charge in [-0.2, -0.15) is 0 Å². The smallest absolute Gasteiger partial charge is 0.354 e. The average molecular weight is 428 g/mol. The monoisotopic (exact) mass is 428 g/mol. The number of hydrogen-bond donors (Lipinski definition) is 2. The lowest BCUT2D eigenvalue weighted by atomic mass is 10.1. The van der Waals surface area contributed by atoms with E-state index in [1.165, 1.54) is 21.3 Å². The number of rotatable bonds is 9. The normalized spacial score (nSPS) is 10.6. The lowest BCUT2D eigenvalue weighted by molar-refractivity contribution is -0.138. The van der Waals surface area contributed by atoms with Crippen LogP contribution in [0.4, 0.5) is 5.69 Å². The Kier molecular flexibility index (Phi) is 8.44. The number of methoxy groups -OCH3 is 4. The van der Waals surface area contributed by atoms with Gasteiger partial charge in [0, 0.05) is 6.54 Å². The Morgan fingerprint density at radius 1 is 0.903 bits per heavy atom. The van der Waals surface area contributed by atoms with Crippen LogP contribution in [0.1, 0.15) is 15.9 Å². The fourth-order valence-corrected chi connectivity index (χ4v) is 2.64. The van der Waals surface area contributed by atoms with Crippen molar-refractivity contribution in [2.75, 3.05) is 33.8 Å². The average Bonchev–Trinajstić information content (AvgIpc) is 2.81. The summed E-state index contributed by atoms with van der Waals surface area (Å²) in [5, 5.41) is 5.57. The van der Waals surface area contributed by atoms with Gasteiger partial charge in [-0.3, -0.25) is 4.79 Å². The first-order valence-corrected chi connectivity index (χ1v) is 9.16. The molecular formula is C22H24N2O7. The zero-order chi connectivity index (χ0) is 22.8. The highest BCUT2D eigenvalue weighted by Gasteiger charge is 2.17. The Hall–Kier alpha value is -4.01. The van der Waals surface area contributed by atoms with Gasteiger partial charge in [0.05, 0.1) is 45.8 Å². The topological polar surface area (TPSA) is 112 Å². The molecule has 2 N–H and O–H groups in total. The molecule has 0 atom stereocenters. The zero-order valence-electron chi connectivity index (χ0n) is 17.7. The lowest BCUT2D eigenvalue weighted by Gasteiger charge is -2.14. The molecule has 0 saturated heterocycles. The van der Waals surface area contributed by atoms with Crippen molar-refractivity contribution in [1.29, 1.82) is 0 Å². The molecule has 31 heavy (non-hydrogen) atoms. The standard InChI is InChI=1S/C22H24N2O7/c1-28-18-10-9-14(11-19(18)29-2)13-23-21(26)15-7-5-6-8-16(15)24-17(22(27)31-4)12-20(25)30-3/h5-12,24H,13H2,1-4H3,(H,23,26)/b17-12+. The maximum absolute atomic E-state index is 12.8. The molecule has 2 aromatic rings. The van der Waals surface area contributed by atoms with Crippen LogP contribution in [0, 0.1) is 0 Å². The van der Waals surface area contributed by atoms with Crippen molar-refractivity contribution in [3.05, 3.63) is 65.4 Å². The minimum atomic E-state index is -0.786. The first-order chi connectivity index (χ1) is 14.9. The molecule has 0 aliphatic rings. The molecule has 0 aliphatic carbocycles. The fraction of sp³-hybridized carbons (Fsp3) is 0.227. The van der Waals surface area contributed by atoms with Gasteiger partial charge in [-0.25, -0.2) is 9.59 Å². The summed E-state index contributed by atoms with van der Waals surface area (Å²) in [6, 6.07) is 11.9. The molecule has 0 spiro atoms. The van der Waals surface area contributed by atoms with E-state index in [0.29, 0.717) is 17.2 Å². The summed E-state index contributed by atoms with van der Waals surface area (Å²) in [4.78, 5) is 36.3. The van der Waals surface area contributed by atoms with Crippen LogP contribution in [0.5, 0.6) is 11.5 Å². The van der Waals surface area contributed by atoms with Gasteiger partial charge in [-0.15, -0.1) is 0 Å². The van der Waals surface area contributed by atoms with Crippen molar-refractivity contribution >= 4 is 23.5 Å². The predicted molar refractivity (Wildman–Crippen MR) is 113 cm³/mol. The number of hydrogen-bond acceptors (Lipinski definition) is 8. The van der Waals surface area contributed by atoms with Crippen molar-refractivity contribution in [2.24, 2.45) is 0 Å². The third-order valence-electron chi connectivity index (χ3n) is 4.21. The Morgan fingerprint density at radius 2 is 1.61 bits per heavy atom. The summed E-state index contributed by atoms with van der Waals surface area (Å²) in [7, 11) is 5.43. The van der Waals surface area contributed by atoms with Gasteiger partial charge in [0.2, 0.25) is 0 Å². The second-order valence-electron chi connectivity index (χ2n) is 6.12. The van der Waals surface area contributed by atoms with E-state index in [0.717, 1.165) is 11.6 Å². The van der Waals surface area contributed by atoms with Gasteiger partial charge >= 0.3 is 11.9 Å². The quantitative estimate of drug-likeness (QED) is 0.462. The summed E-state index contributed by atoms with van der Waals surface area (Å²) in [6.07, 6.45) is 0.949. The van der Waals surface area contributed by atoms with Crippen LogP contribution < -0.4 is 20.1 Å². The van der Waals surface area contributed by atoms with E-state index < -0.39 is 11.9 Å². The third kappa shape index (κ3) is 6.23. The fourth-order valence-electron chi connectivity index (χ4n) is 2.64. The minimum Gasteiger partial charge on any atom is -0.493 e. The summed E-state index contributed by atoms with van der Waals surface area (Å²) in [6.45, 7) is 0.232. The number of carbonyl (C=O) groups excluding carboxylic acids is 3. The van der Waals surface area contributed by atoms with Crippen LogP contribution in [-0.2, 0) is 25.6 Å². The Balaban J connectivity index is 2.20. The Labute approximate surface area is 179 Å². The van der Waals surface area contributed by atoms with Crippen LogP contribution >= 0.6 is 0 Å². The number of ether oxygens (including phenoxy) is 4. The van der Waals surface area contributed by atoms with E-state index in [1.807, 2.05) is 0 Å². The number of anilines is 1. The maximum Gasteiger partial charge on any atom is 0.354 e. The van der Waals surface area contributed by atoms with Crippen molar-refractivity contribution < 1.29 is 33.3 Å². The molecule has 2 aromatic carbocycles. The van der Waals surface area contributed by atoms with E-state index in [4.69, 9.17) is 9.47 Å². The molecular weight excluding hydrogens is 404 g/mol. The van der Waals surface area contributed by atoms with Gasteiger partial charge in [0.1, 0.15) is 5.70 Å². The van der Waals surface area contributed by atoms with Crippen LogP contribution in [0.2, 0.25) is 0 Å². The Morgan fingerprint density at radius 3 is 2.26 bits per heavy atom. The first-order valence-electron chi connectivity index (χ1n) is 9.16. The molecule has 9 heteroatoms. The molecule has 0 saturated carbocycles. The van der Waals surface area contributed by atoms with E-state index in [1.54, 1.807) is 49.6 Å². The summed E-state index contributed by atoms with van der Waals surface area (Å²) < 4.78 is 19.7. The molecule has 0 aromatic heterocycles. The first kappa shape index (κ1) is 23.3. The minimum absolute atomic E-state index is 0.172. The molecule has 0 fully saturated rings. The Bertz CT molecular complexity index is 986. The van der Waals surface area contributed by atoms with E-state index in [9.17, 15) is 14.4 Å². The van der Waals surface area contributed by atoms with Crippen LogP contribution in [-0.4, -0.2) is 46.3 Å². The highest BCUT2D eigenvalue weighted by molar-refractivity contribution is 6.03. The maximum atomic E-state index is 12.8. The summed E-state index contributed by atoms with van der Waals surface area (Å²) in [5.41, 5.74) is 1.21. The summed E-state index contributed by atoms with van der Waals surface area (Å²) in [5.74, 6) is -0.791. The highest BCUT2D eigenvalue weighted by atomic mass is 16.5. The molecule has 2 rings (SSSR count). The van der Waals surface area contributed by atoms with Crippen molar-refractivity contribution in [3.8, 4) is 11.5 Å². The number of carbonyl (C=O) groups is 3. The number of benzene rings is 2. The van der Waals surface area contributed by atoms with Crippen LogP contribution in [0.15, 0.2) is 54.2 Å². The number of esters is 2. The zero-order valence-corrected chi connectivity index (χ0v) is 17.7. The number of nitrogens with one attached hydrogen (secondary N) is 2. The molecule has 164 valence electrons. The molecule has 9 nitrogen and oxygen atoms in total. The largest absolute Gasteiger partial charge is 0.493 e. The van der Waals surface area contributed by atoms with Gasteiger partial charge in [0.15, 0.2) is 11.5 Å². The van der Waals surface area contributed by atoms with Crippen molar-refractivity contribution in [2.45, 2.75) is 6.54 Å². The molecule has 0 heterocycles. The van der Waals surface area contributed by atoms with Gasteiger partial charge in [0.25, 0.3) is 5.91 Å². The lowest BCUT2D eigenvalue weighted by Crippen LogP contribution is -2.24. The molecule has 0 aliphatic heterocycles. The van der Waals surface area contributed by atoms with Crippen LogP contribution in [0.25, 0.3) is 0 Å². The van der Waals surface area contributed by atoms with Gasteiger partial charge in [-0.1, -0.05) is 18.2 Å². The number of para-hydroxylation sites is 1. The SMILES string of the molecule is COC(=O)/C=C(/Nc1ccccc1C(=O)NCc1ccc(OC)c(OC)c1)C(=O)OC. The van der Waals surface area contributed by atoms with Gasteiger partial charge < -0.3 is 29.6 Å². The second-order valence-corrected chi connectivity index (χ2v) is 6.12. The van der Waals surface area contributed by atoms with Gasteiger partial charge in [-0.05, 0) is 29.8 Å².